The van der Waals surface area contributed by atoms with Crippen molar-refractivity contribution in [2.24, 2.45) is 0 Å². The minimum Gasteiger partial charge on any atom is -0.297 e. The third-order valence-electron chi connectivity index (χ3n) is 4.69. The molecule has 0 unspecified atom stereocenters. The van der Waals surface area contributed by atoms with E-state index in [1.807, 2.05) is 23.6 Å². The third-order valence-corrected chi connectivity index (χ3v) is 5.58. The summed E-state index contributed by atoms with van der Waals surface area (Å²) in [6, 6.07) is 18.0. The molecule has 0 aliphatic carbocycles. The van der Waals surface area contributed by atoms with Gasteiger partial charge in [0.05, 0.1) is 11.5 Å². The summed E-state index contributed by atoms with van der Waals surface area (Å²) in [6.07, 6.45) is 0. The fraction of sp³-hybridized carbons (Fsp3) is 0.300. The Labute approximate surface area is 157 Å². The molecule has 0 radical (unpaired) electrons. The molecule has 0 N–H and O–H groups in total. The average molecular weight is 366 g/mol. The molecule has 134 valence electrons. The molecule has 5 nitrogen and oxygen atoms in total. The van der Waals surface area contributed by atoms with Gasteiger partial charge in [-0.2, -0.15) is 5.10 Å². The van der Waals surface area contributed by atoms with E-state index in [1.165, 1.54) is 5.56 Å². The summed E-state index contributed by atoms with van der Waals surface area (Å²) in [5, 5.41) is 6.58. The molecule has 1 aromatic carbocycles. The molecule has 6 heteroatoms. The third kappa shape index (κ3) is 4.09. The molecule has 3 aromatic rings. The first-order valence-electron chi connectivity index (χ1n) is 8.89. The van der Waals surface area contributed by atoms with Crippen LogP contribution in [0.2, 0.25) is 0 Å². The maximum atomic E-state index is 12.2. The highest BCUT2D eigenvalue weighted by Crippen LogP contribution is 2.21. The van der Waals surface area contributed by atoms with Crippen LogP contribution in [0.25, 0.3) is 10.6 Å². The fourth-order valence-electron chi connectivity index (χ4n) is 3.23. The van der Waals surface area contributed by atoms with Crippen molar-refractivity contribution in [2.45, 2.75) is 13.2 Å². The molecule has 0 saturated carbocycles. The highest BCUT2D eigenvalue weighted by molar-refractivity contribution is 7.13. The van der Waals surface area contributed by atoms with Gasteiger partial charge >= 0.3 is 0 Å². The molecular weight excluding hydrogens is 344 g/mol. The summed E-state index contributed by atoms with van der Waals surface area (Å²) >= 11 is 1.64. The summed E-state index contributed by atoms with van der Waals surface area (Å²) in [4.78, 5) is 18.0. The largest absolute Gasteiger partial charge is 0.297 e. The van der Waals surface area contributed by atoms with Crippen LogP contribution in [0.5, 0.6) is 0 Å². The van der Waals surface area contributed by atoms with Crippen molar-refractivity contribution in [2.75, 3.05) is 26.2 Å². The highest BCUT2D eigenvalue weighted by Gasteiger charge is 2.18. The van der Waals surface area contributed by atoms with Gasteiger partial charge in [-0.05, 0) is 23.1 Å². The van der Waals surface area contributed by atoms with Crippen LogP contribution in [0.3, 0.4) is 0 Å². The minimum atomic E-state index is -0.0444. The van der Waals surface area contributed by atoms with Gasteiger partial charge < -0.3 is 0 Å². The predicted molar refractivity (Wildman–Crippen MR) is 105 cm³/mol. The molecule has 26 heavy (non-hydrogen) atoms. The van der Waals surface area contributed by atoms with Gasteiger partial charge in [0.1, 0.15) is 5.69 Å². The van der Waals surface area contributed by atoms with Crippen LogP contribution < -0.4 is 5.56 Å². The maximum Gasteiger partial charge on any atom is 0.268 e. The zero-order valence-corrected chi connectivity index (χ0v) is 15.4. The molecule has 1 fully saturated rings. The fourth-order valence-corrected chi connectivity index (χ4v) is 3.92. The van der Waals surface area contributed by atoms with Gasteiger partial charge in [0.2, 0.25) is 0 Å². The number of aromatic nitrogens is 2. The molecule has 1 saturated heterocycles. The van der Waals surface area contributed by atoms with E-state index in [1.54, 1.807) is 22.1 Å². The van der Waals surface area contributed by atoms with Crippen molar-refractivity contribution in [3.8, 4) is 10.6 Å². The topological polar surface area (TPSA) is 41.4 Å². The van der Waals surface area contributed by atoms with E-state index in [0.29, 0.717) is 6.67 Å². The number of nitrogens with zero attached hydrogens (tertiary/aromatic N) is 4. The molecule has 0 spiro atoms. The standard InChI is InChI=1S/C20H22N4OS/c25-20-9-8-18(19-7-4-14-26-19)21-24(20)16-23-12-10-22(11-13-23)15-17-5-2-1-3-6-17/h1-9,14H,10-13,15-16H2. The first kappa shape index (κ1) is 17.1. The lowest BCUT2D eigenvalue weighted by Crippen LogP contribution is -2.47. The Morgan fingerprint density at radius 1 is 0.885 bits per heavy atom. The lowest BCUT2D eigenvalue weighted by molar-refractivity contribution is 0.0971. The summed E-state index contributed by atoms with van der Waals surface area (Å²) in [6.45, 7) is 5.45. The van der Waals surface area contributed by atoms with Gasteiger partial charge in [0, 0.05) is 38.8 Å². The van der Waals surface area contributed by atoms with Gasteiger partial charge in [-0.1, -0.05) is 36.4 Å². The molecule has 0 atom stereocenters. The second-order valence-electron chi connectivity index (χ2n) is 6.55. The van der Waals surface area contributed by atoms with Crippen LogP contribution in [0.15, 0.2) is 64.8 Å². The summed E-state index contributed by atoms with van der Waals surface area (Å²) in [5.74, 6) is 0. The highest BCUT2D eigenvalue weighted by atomic mass is 32.1. The van der Waals surface area contributed by atoms with Crippen LogP contribution in [-0.2, 0) is 13.2 Å². The molecule has 0 bridgehead atoms. The second-order valence-corrected chi connectivity index (χ2v) is 7.50. The van der Waals surface area contributed by atoms with Crippen molar-refractivity contribution >= 4 is 11.3 Å². The van der Waals surface area contributed by atoms with Crippen molar-refractivity contribution in [3.05, 3.63) is 75.9 Å². The van der Waals surface area contributed by atoms with Crippen LogP contribution in [-0.4, -0.2) is 45.8 Å². The Balaban J connectivity index is 1.37. The maximum absolute atomic E-state index is 12.2. The van der Waals surface area contributed by atoms with Crippen LogP contribution in [0.4, 0.5) is 0 Å². The van der Waals surface area contributed by atoms with E-state index in [4.69, 9.17) is 0 Å². The smallest absolute Gasteiger partial charge is 0.268 e. The van der Waals surface area contributed by atoms with E-state index in [9.17, 15) is 4.79 Å². The Morgan fingerprint density at radius 2 is 1.65 bits per heavy atom. The number of benzene rings is 1. The zero-order chi connectivity index (χ0) is 17.8. The zero-order valence-electron chi connectivity index (χ0n) is 14.6. The molecule has 4 rings (SSSR count). The van der Waals surface area contributed by atoms with Crippen molar-refractivity contribution < 1.29 is 0 Å². The molecule has 3 heterocycles. The van der Waals surface area contributed by atoms with E-state index in [0.717, 1.165) is 43.3 Å². The lowest BCUT2D eigenvalue weighted by Gasteiger charge is -2.34. The molecule has 1 aliphatic heterocycles. The van der Waals surface area contributed by atoms with Crippen LogP contribution in [0.1, 0.15) is 5.56 Å². The van der Waals surface area contributed by atoms with E-state index >= 15 is 0 Å². The van der Waals surface area contributed by atoms with E-state index in [-0.39, 0.29) is 5.56 Å². The molecule has 1 aliphatic rings. The first-order valence-corrected chi connectivity index (χ1v) is 9.76. The lowest BCUT2D eigenvalue weighted by atomic mass is 10.2. The summed E-state index contributed by atoms with van der Waals surface area (Å²) < 4.78 is 1.59. The Kier molecular flexibility index (Phi) is 5.24. The summed E-state index contributed by atoms with van der Waals surface area (Å²) in [7, 11) is 0. The van der Waals surface area contributed by atoms with Crippen LogP contribution >= 0.6 is 11.3 Å². The van der Waals surface area contributed by atoms with Gasteiger partial charge in [-0.3, -0.25) is 14.6 Å². The van der Waals surface area contributed by atoms with Crippen LogP contribution in [0, 0.1) is 0 Å². The number of thiophene rings is 1. The monoisotopic (exact) mass is 366 g/mol. The normalized spacial score (nSPS) is 16.0. The minimum absolute atomic E-state index is 0.0444. The summed E-state index contributed by atoms with van der Waals surface area (Å²) in [5.41, 5.74) is 2.17. The predicted octanol–water partition coefficient (Wildman–Crippen LogP) is 2.75. The quantitative estimate of drug-likeness (QED) is 0.696. The molecule has 2 aromatic heterocycles. The van der Waals surface area contributed by atoms with Crippen molar-refractivity contribution in [3.63, 3.8) is 0 Å². The number of rotatable bonds is 5. The SMILES string of the molecule is O=c1ccc(-c2cccs2)nn1CN1CCN(Cc2ccccc2)CC1. The molecule has 0 amide bonds. The van der Waals surface area contributed by atoms with Gasteiger partial charge in [0.25, 0.3) is 5.56 Å². The van der Waals surface area contributed by atoms with Crippen molar-refractivity contribution in [1.29, 1.82) is 0 Å². The number of piperazine rings is 1. The van der Waals surface area contributed by atoms with Gasteiger partial charge in [-0.15, -0.1) is 11.3 Å². The first-order chi connectivity index (χ1) is 12.8. The Bertz CT molecular complexity index is 884. The van der Waals surface area contributed by atoms with E-state index in [2.05, 4.69) is 45.2 Å². The second kappa shape index (κ2) is 7.95. The van der Waals surface area contributed by atoms with Crippen molar-refractivity contribution in [1.82, 2.24) is 19.6 Å². The van der Waals surface area contributed by atoms with Gasteiger partial charge in [-0.25, -0.2) is 4.68 Å². The Morgan fingerprint density at radius 3 is 2.38 bits per heavy atom. The van der Waals surface area contributed by atoms with Gasteiger partial charge in [0.15, 0.2) is 0 Å². The van der Waals surface area contributed by atoms with E-state index < -0.39 is 0 Å². The molecular formula is C20H22N4OS. The number of hydrogen-bond acceptors (Lipinski definition) is 5. The average Bonchev–Trinajstić information content (AvgIpc) is 3.21. The Hall–Kier alpha value is -2.28. The number of hydrogen-bond donors (Lipinski definition) is 0.